The van der Waals surface area contributed by atoms with Crippen molar-refractivity contribution in [1.82, 2.24) is 10.2 Å². The summed E-state index contributed by atoms with van der Waals surface area (Å²) in [6.45, 7) is 0.00266. The Balaban J connectivity index is 1.17. The maximum Gasteiger partial charge on any atom is 0.246 e. The predicted octanol–water partition coefficient (Wildman–Crippen LogP) is 4.08. The van der Waals surface area contributed by atoms with Crippen molar-refractivity contribution < 1.29 is 9.59 Å². The molecule has 4 fully saturated rings. The van der Waals surface area contributed by atoms with Crippen LogP contribution in [0.4, 0.5) is 10.8 Å². The van der Waals surface area contributed by atoms with E-state index in [0.717, 1.165) is 33.3 Å². The zero-order valence-electron chi connectivity index (χ0n) is 16.7. The van der Waals surface area contributed by atoms with Gasteiger partial charge in [-0.05, 0) is 68.4 Å². The van der Waals surface area contributed by atoms with E-state index in [1.54, 1.807) is 4.90 Å². The van der Waals surface area contributed by atoms with Crippen molar-refractivity contribution in [3.8, 4) is 0 Å². The number of fused-ring (bicyclic) bond motifs is 1. The summed E-state index contributed by atoms with van der Waals surface area (Å²) in [5.74, 6) is 2.64. The van der Waals surface area contributed by atoms with E-state index in [1.807, 2.05) is 24.3 Å². The smallest absolute Gasteiger partial charge is 0.246 e. The van der Waals surface area contributed by atoms with Gasteiger partial charge in [0.25, 0.3) is 0 Å². The number of rotatable bonds is 4. The fraction of sp³-hybridized carbons (Fsp3) is 0.545. The molecule has 1 aromatic heterocycles. The Morgan fingerprint density at radius 1 is 1.10 bits per heavy atom. The van der Waals surface area contributed by atoms with Crippen LogP contribution in [-0.2, 0) is 15.0 Å². The van der Waals surface area contributed by atoms with Crippen LogP contribution in [0.3, 0.4) is 0 Å². The number of carbonyl (C=O) groups excluding carboxylic acids is 2. The SMILES string of the molecule is O=C(CN1C(=O)CSc2ccccc21)Nc1nnc(C23CC4CC(CC(C4)C2)C3)s1. The largest absolute Gasteiger partial charge is 0.301 e. The summed E-state index contributed by atoms with van der Waals surface area (Å²) in [5.41, 5.74) is 0.995. The highest BCUT2D eigenvalue weighted by Gasteiger charge is 2.53. The Hall–Kier alpha value is -1.93. The van der Waals surface area contributed by atoms with E-state index in [-0.39, 0.29) is 23.8 Å². The highest BCUT2D eigenvalue weighted by atomic mass is 32.2. The molecule has 0 saturated heterocycles. The van der Waals surface area contributed by atoms with Crippen LogP contribution in [0.2, 0.25) is 0 Å². The second kappa shape index (κ2) is 7.05. The van der Waals surface area contributed by atoms with E-state index < -0.39 is 0 Å². The van der Waals surface area contributed by atoms with Crippen LogP contribution in [0.5, 0.6) is 0 Å². The molecule has 7 rings (SSSR count). The van der Waals surface area contributed by atoms with Crippen molar-refractivity contribution in [3.05, 3.63) is 29.3 Å². The Labute approximate surface area is 183 Å². The predicted molar refractivity (Wildman–Crippen MR) is 118 cm³/mol. The fourth-order valence-corrected chi connectivity index (χ4v) is 8.40. The van der Waals surface area contributed by atoms with Crippen LogP contribution >= 0.6 is 23.1 Å². The number of carbonyl (C=O) groups is 2. The maximum atomic E-state index is 12.7. The van der Waals surface area contributed by atoms with Crippen LogP contribution < -0.4 is 10.2 Å². The summed E-state index contributed by atoms with van der Waals surface area (Å²) in [6, 6.07) is 7.72. The summed E-state index contributed by atoms with van der Waals surface area (Å²) in [7, 11) is 0. The molecule has 156 valence electrons. The van der Waals surface area contributed by atoms with Crippen molar-refractivity contribution in [3.63, 3.8) is 0 Å². The van der Waals surface area contributed by atoms with Gasteiger partial charge in [-0.25, -0.2) is 0 Å². The monoisotopic (exact) mass is 440 g/mol. The van der Waals surface area contributed by atoms with E-state index in [0.29, 0.717) is 10.9 Å². The molecule has 5 aliphatic rings. The Morgan fingerprint density at radius 3 is 2.53 bits per heavy atom. The van der Waals surface area contributed by atoms with Crippen LogP contribution in [-0.4, -0.2) is 34.3 Å². The Kier molecular flexibility index (Phi) is 4.42. The van der Waals surface area contributed by atoms with E-state index in [2.05, 4.69) is 15.5 Å². The number of anilines is 2. The number of thioether (sulfide) groups is 1. The topological polar surface area (TPSA) is 75.2 Å². The number of para-hydroxylation sites is 1. The van der Waals surface area contributed by atoms with Crippen molar-refractivity contribution in [2.24, 2.45) is 17.8 Å². The van der Waals surface area contributed by atoms with Gasteiger partial charge >= 0.3 is 0 Å². The van der Waals surface area contributed by atoms with Crippen molar-refractivity contribution >= 4 is 45.7 Å². The summed E-state index contributed by atoms with van der Waals surface area (Å²) >= 11 is 3.06. The lowest BCUT2D eigenvalue weighted by atomic mass is 9.50. The first kappa shape index (κ1) is 18.8. The first-order valence-corrected chi connectivity index (χ1v) is 12.5. The van der Waals surface area contributed by atoms with E-state index in [9.17, 15) is 9.59 Å². The first-order valence-electron chi connectivity index (χ1n) is 10.7. The average molecular weight is 441 g/mol. The van der Waals surface area contributed by atoms with Gasteiger partial charge in [0.05, 0.1) is 11.4 Å². The van der Waals surface area contributed by atoms with Gasteiger partial charge in [-0.3, -0.25) is 14.9 Å². The fourth-order valence-electron chi connectivity index (χ4n) is 6.49. The lowest BCUT2D eigenvalue weighted by Gasteiger charge is -2.55. The summed E-state index contributed by atoms with van der Waals surface area (Å²) < 4.78 is 0. The molecule has 4 bridgehead atoms. The molecule has 8 heteroatoms. The molecule has 0 atom stereocenters. The molecule has 1 aromatic carbocycles. The number of amides is 2. The molecule has 30 heavy (non-hydrogen) atoms. The van der Waals surface area contributed by atoms with E-state index in [4.69, 9.17) is 0 Å². The molecule has 2 amide bonds. The minimum atomic E-state index is -0.224. The quantitative estimate of drug-likeness (QED) is 0.775. The molecule has 2 heterocycles. The van der Waals surface area contributed by atoms with E-state index in [1.165, 1.54) is 61.6 Å². The molecule has 2 aromatic rings. The molecule has 0 unspecified atom stereocenters. The molecule has 1 N–H and O–H groups in total. The number of benzene rings is 1. The molecule has 1 aliphatic heterocycles. The van der Waals surface area contributed by atoms with Crippen LogP contribution in [0, 0.1) is 17.8 Å². The molecule has 6 nitrogen and oxygen atoms in total. The first-order chi connectivity index (χ1) is 14.6. The van der Waals surface area contributed by atoms with E-state index >= 15 is 0 Å². The Bertz CT molecular complexity index is 985. The Morgan fingerprint density at radius 2 is 1.80 bits per heavy atom. The van der Waals surface area contributed by atoms with Crippen molar-refractivity contribution in [1.29, 1.82) is 0 Å². The zero-order chi connectivity index (χ0) is 20.3. The molecule has 0 radical (unpaired) electrons. The van der Waals surface area contributed by atoms with Gasteiger partial charge in [0.1, 0.15) is 11.6 Å². The second-order valence-corrected chi connectivity index (χ2v) is 11.4. The maximum absolute atomic E-state index is 12.7. The number of aromatic nitrogens is 2. The average Bonchev–Trinajstić information content (AvgIpc) is 3.18. The zero-order valence-corrected chi connectivity index (χ0v) is 18.3. The van der Waals surface area contributed by atoms with Gasteiger partial charge in [-0.2, -0.15) is 0 Å². The molecular weight excluding hydrogens is 416 g/mol. The third kappa shape index (κ3) is 3.15. The van der Waals surface area contributed by atoms with Crippen LogP contribution in [0.15, 0.2) is 29.2 Å². The lowest BCUT2D eigenvalue weighted by molar-refractivity contribution is -0.120. The summed E-state index contributed by atoms with van der Waals surface area (Å²) in [6.07, 6.45) is 7.89. The summed E-state index contributed by atoms with van der Waals surface area (Å²) in [5, 5.41) is 13.4. The van der Waals surface area contributed by atoms with Gasteiger partial charge < -0.3 is 4.90 Å². The molecule has 4 saturated carbocycles. The van der Waals surface area contributed by atoms with Gasteiger partial charge in [0, 0.05) is 10.3 Å². The van der Waals surface area contributed by atoms with Gasteiger partial charge in [-0.15, -0.1) is 22.0 Å². The van der Waals surface area contributed by atoms with Crippen molar-refractivity contribution in [2.75, 3.05) is 22.5 Å². The van der Waals surface area contributed by atoms with Gasteiger partial charge in [0.2, 0.25) is 16.9 Å². The second-order valence-electron chi connectivity index (χ2n) is 9.39. The van der Waals surface area contributed by atoms with Gasteiger partial charge in [0.15, 0.2) is 0 Å². The molecular formula is C22H24N4O2S2. The molecule has 4 aliphatic carbocycles. The number of nitrogens with one attached hydrogen (secondary N) is 1. The summed E-state index contributed by atoms with van der Waals surface area (Å²) in [4.78, 5) is 27.7. The van der Waals surface area contributed by atoms with Crippen molar-refractivity contribution in [2.45, 2.75) is 48.8 Å². The minimum Gasteiger partial charge on any atom is -0.301 e. The normalized spacial score (nSPS) is 31.7. The third-order valence-electron chi connectivity index (χ3n) is 7.27. The molecule has 0 spiro atoms. The van der Waals surface area contributed by atoms with Crippen LogP contribution in [0.1, 0.15) is 43.5 Å². The number of nitrogens with zero attached hydrogens (tertiary/aromatic N) is 3. The number of hydrogen-bond donors (Lipinski definition) is 1. The lowest BCUT2D eigenvalue weighted by Crippen LogP contribution is -2.48. The standard InChI is InChI=1S/C22H24N4O2S2/c27-18(11-26-16-3-1-2-4-17(16)29-12-19(26)28)23-21-25-24-20(30-21)22-8-13-5-14(9-22)7-15(6-13)10-22/h1-4,13-15H,5-12H2,(H,23,25,27). The highest BCUT2D eigenvalue weighted by molar-refractivity contribution is 8.00. The minimum absolute atomic E-state index is 0.00266. The van der Waals surface area contributed by atoms with Gasteiger partial charge in [-0.1, -0.05) is 23.5 Å². The number of hydrogen-bond acceptors (Lipinski definition) is 6. The highest BCUT2D eigenvalue weighted by Crippen LogP contribution is 2.61. The van der Waals surface area contributed by atoms with Crippen LogP contribution in [0.25, 0.3) is 0 Å². The third-order valence-corrected chi connectivity index (χ3v) is 9.41.